The lowest BCUT2D eigenvalue weighted by molar-refractivity contribution is 0.129. The van der Waals surface area contributed by atoms with Crippen molar-refractivity contribution in [2.45, 2.75) is 53.6 Å². The monoisotopic (exact) mass is 244 g/mol. The summed E-state index contributed by atoms with van der Waals surface area (Å²) in [6.07, 6.45) is 1.33. The molecule has 17 heavy (non-hydrogen) atoms. The Bertz CT molecular complexity index is 225. The van der Waals surface area contributed by atoms with Gasteiger partial charge in [0, 0.05) is 13.1 Å². The lowest BCUT2D eigenvalue weighted by atomic mass is 9.87. The van der Waals surface area contributed by atoms with E-state index in [2.05, 4.69) is 24.5 Å². The zero-order valence-electron chi connectivity index (χ0n) is 11.8. The number of rotatable bonds is 7. The van der Waals surface area contributed by atoms with Crippen molar-refractivity contribution in [3.63, 3.8) is 0 Å². The van der Waals surface area contributed by atoms with Crippen LogP contribution in [0.3, 0.4) is 0 Å². The maximum Gasteiger partial charge on any atom is 0.314 e. The van der Waals surface area contributed by atoms with E-state index in [9.17, 15) is 9.90 Å². The smallest absolute Gasteiger partial charge is 0.314 e. The summed E-state index contributed by atoms with van der Waals surface area (Å²) in [4.78, 5) is 11.5. The molecule has 4 heteroatoms. The second-order valence-corrected chi connectivity index (χ2v) is 6.01. The number of hydrogen-bond acceptors (Lipinski definition) is 2. The van der Waals surface area contributed by atoms with Gasteiger partial charge in [-0.25, -0.2) is 4.79 Å². The van der Waals surface area contributed by atoms with Gasteiger partial charge in [0.25, 0.3) is 0 Å². The van der Waals surface area contributed by atoms with Gasteiger partial charge >= 0.3 is 6.03 Å². The Morgan fingerprint density at radius 1 is 1.24 bits per heavy atom. The molecule has 1 unspecified atom stereocenters. The van der Waals surface area contributed by atoms with Gasteiger partial charge in [-0.1, -0.05) is 27.7 Å². The molecule has 1 atom stereocenters. The molecule has 0 bridgehead atoms. The minimum absolute atomic E-state index is 0.0798. The molecule has 0 aromatic heterocycles. The highest BCUT2D eigenvalue weighted by Crippen LogP contribution is 2.20. The van der Waals surface area contributed by atoms with Gasteiger partial charge in [-0.15, -0.1) is 0 Å². The number of aliphatic hydroxyl groups is 1. The molecule has 4 nitrogen and oxygen atoms in total. The molecule has 0 rings (SSSR count). The minimum Gasteiger partial charge on any atom is -0.393 e. The summed E-state index contributed by atoms with van der Waals surface area (Å²) in [6.45, 7) is 11.4. The second kappa shape index (κ2) is 7.54. The van der Waals surface area contributed by atoms with Gasteiger partial charge in [0.1, 0.15) is 0 Å². The van der Waals surface area contributed by atoms with Crippen molar-refractivity contribution in [1.29, 1.82) is 0 Å². The molecule has 0 spiro atoms. The van der Waals surface area contributed by atoms with Crippen LogP contribution < -0.4 is 10.6 Å². The van der Waals surface area contributed by atoms with Crippen LogP contribution in [0.5, 0.6) is 0 Å². The fraction of sp³-hybridized carbons (Fsp3) is 0.923. The van der Waals surface area contributed by atoms with E-state index in [0.29, 0.717) is 25.4 Å². The largest absolute Gasteiger partial charge is 0.393 e. The van der Waals surface area contributed by atoms with Crippen molar-refractivity contribution < 1.29 is 9.90 Å². The summed E-state index contributed by atoms with van der Waals surface area (Å²) in [5.41, 5.74) is -0.0798. The van der Waals surface area contributed by atoms with Crippen molar-refractivity contribution in [3.8, 4) is 0 Å². The summed E-state index contributed by atoms with van der Waals surface area (Å²) in [6, 6.07) is -0.121. The molecular weight excluding hydrogens is 216 g/mol. The number of carbonyl (C=O) groups is 1. The van der Waals surface area contributed by atoms with Crippen molar-refractivity contribution >= 4 is 6.03 Å². The van der Waals surface area contributed by atoms with Gasteiger partial charge in [-0.3, -0.25) is 0 Å². The van der Waals surface area contributed by atoms with E-state index < -0.39 is 0 Å². The Kier molecular flexibility index (Phi) is 7.19. The van der Waals surface area contributed by atoms with Crippen LogP contribution >= 0.6 is 0 Å². The van der Waals surface area contributed by atoms with Gasteiger partial charge in [-0.2, -0.15) is 0 Å². The molecule has 3 N–H and O–H groups in total. The SMILES string of the molecule is CC(C)CCNC(=O)NCC(C)(C)CC(C)O. The summed E-state index contributed by atoms with van der Waals surface area (Å²) < 4.78 is 0. The summed E-state index contributed by atoms with van der Waals surface area (Å²) in [5, 5.41) is 15.0. The van der Waals surface area contributed by atoms with Crippen molar-refractivity contribution in [2.75, 3.05) is 13.1 Å². The van der Waals surface area contributed by atoms with E-state index in [1.165, 1.54) is 0 Å². The van der Waals surface area contributed by atoms with Crippen LogP contribution in [0.2, 0.25) is 0 Å². The van der Waals surface area contributed by atoms with Gasteiger partial charge in [0.15, 0.2) is 0 Å². The first kappa shape index (κ1) is 16.2. The molecular formula is C13H28N2O2. The van der Waals surface area contributed by atoms with E-state index in [-0.39, 0.29) is 17.6 Å². The Morgan fingerprint density at radius 2 is 1.82 bits per heavy atom. The quantitative estimate of drug-likeness (QED) is 0.642. The average molecular weight is 244 g/mol. The topological polar surface area (TPSA) is 61.4 Å². The third-order valence-corrected chi connectivity index (χ3v) is 2.58. The van der Waals surface area contributed by atoms with Gasteiger partial charge < -0.3 is 15.7 Å². The first-order valence-corrected chi connectivity index (χ1v) is 6.43. The first-order valence-electron chi connectivity index (χ1n) is 6.43. The average Bonchev–Trinajstić information content (AvgIpc) is 2.12. The van der Waals surface area contributed by atoms with Crippen LogP contribution in [0.4, 0.5) is 4.79 Å². The van der Waals surface area contributed by atoms with Crippen LogP contribution in [-0.4, -0.2) is 30.3 Å². The molecule has 0 aliphatic heterocycles. The first-order chi connectivity index (χ1) is 7.73. The molecule has 0 aliphatic carbocycles. The molecule has 0 saturated heterocycles. The fourth-order valence-corrected chi connectivity index (χ4v) is 1.73. The minimum atomic E-state index is -0.337. The van der Waals surface area contributed by atoms with Gasteiger partial charge in [0.2, 0.25) is 0 Å². The third kappa shape index (κ3) is 10.1. The van der Waals surface area contributed by atoms with E-state index in [4.69, 9.17) is 0 Å². The summed E-state index contributed by atoms with van der Waals surface area (Å²) in [5.74, 6) is 0.599. The van der Waals surface area contributed by atoms with Crippen LogP contribution in [-0.2, 0) is 0 Å². The molecule has 0 heterocycles. The van der Waals surface area contributed by atoms with E-state index in [0.717, 1.165) is 6.42 Å². The van der Waals surface area contributed by atoms with Crippen molar-refractivity contribution in [3.05, 3.63) is 0 Å². The van der Waals surface area contributed by atoms with Crippen LogP contribution in [0.25, 0.3) is 0 Å². The predicted molar refractivity (Wildman–Crippen MR) is 70.9 cm³/mol. The zero-order valence-corrected chi connectivity index (χ0v) is 11.8. The van der Waals surface area contributed by atoms with Crippen LogP contribution in [0.15, 0.2) is 0 Å². The Hall–Kier alpha value is -0.770. The summed E-state index contributed by atoms with van der Waals surface area (Å²) in [7, 11) is 0. The molecule has 0 saturated carbocycles. The number of amides is 2. The predicted octanol–water partition coefficient (Wildman–Crippen LogP) is 2.13. The van der Waals surface area contributed by atoms with Crippen molar-refractivity contribution in [1.82, 2.24) is 10.6 Å². The highest BCUT2D eigenvalue weighted by Gasteiger charge is 2.20. The molecule has 0 aliphatic rings. The van der Waals surface area contributed by atoms with E-state index in [1.54, 1.807) is 6.92 Å². The number of urea groups is 1. The van der Waals surface area contributed by atoms with E-state index >= 15 is 0 Å². The van der Waals surface area contributed by atoms with Gasteiger partial charge in [0.05, 0.1) is 6.10 Å². The number of hydrogen-bond donors (Lipinski definition) is 3. The van der Waals surface area contributed by atoms with E-state index in [1.807, 2.05) is 13.8 Å². The normalized spacial score (nSPS) is 13.6. The number of carbonyl (C=O) groups excluding carboxylic acids is 1. The highest BCUT2D eigenvalue weighted by molar-refractivity contribution is 5.73. The lowest BCUT2D eigenvalue weighted by Crippen LogP contribution is -2.42. The fourth-order valence-electron chi connectivity index (χ4n) is 1.73. The molecule has 0 aromatic rings. The molecule has 0 fully saturated rings. The Morgan fingerprint density at radius 3 is 2.29 bits per heavy atom. The zero-order chi connectivity index (χ0) is 13.5. The molecule has 0 aromatic carbocycles. The molecule has 102 valence electrons. The molecule has 2 amide bonds. The Labute approximate surface area is 105 Å². The second-order valence-electron chi connectivity index (χ2n) is 6.01. The Balaban J connectivity index is 3.75. The highest BCUT2D eigenvalue weighted by atomic mass is 16.3. The number of aliphatic hydroxyl groups excluding tert-OH is 1. The maximum atomic E-state index is 11.5. The lowest BCUT2D eigenvalue weighted by Gasteiger charge is -2.26. The maximum absolute atomic E-state index is 11.5. The molecule has 0 radical (unpaired) electrons. The standard InChI is InChI=1S/C13H28N2O2/c1-10(2)6-7-14-12(17)15-9-13(4,5)8-11(3)16/h10-11,16H,6-9H2,1-5H3,(H2,14,15,17). The number of nitrogens with one attached hydrogen (secondary N) is 2. The van der Waals surface area contributed by atoms with Gasteiger partial charge in [-0.05, 0) is 31.1 Å². The van der Waals surface area contributed by atoms with Crippen molar-refractivity contribution in [2.24, 2.45) is 11.3 Å². The van der Waals surface area contributed by atoms with Crippen LogP contribution in [0, 0.1) is 11.3 Å². The third-order valence-electron chi connectivity index (χ3n) is 2.58. The summed E-state index contributed by atoms with van der Waals surface area (Å²) >= 11 is 0. The van der Waals surface area contributed by atoms with Crippen LogP contribution in [0.1, 0.15) is 47.5 Å².